The van der Waals surface area contributed by atoms with E-state index in [1.54, 1.807) is 12.4 Å². The Bertz CT molecular complexity index is 509. The third-order valence-corrected chi connectivity index (χ3v) is 2.30. The number of nitrogens with one attached hydrogen (secondary N) is 1. The van der Waals surface area contributed by atoms with Gasteiger partial charge in [-0.3, -0.25) is 0 Å². The maximum atomic E-state index is 5.77. The van der Waals surface area contributed by atoms with Gasteiger partial charge in [0.1, 0.15) is 19.0 Å². The Morgan fingerprint density at radius 3 is 2.82 bits per heavy atom. The molecule has 0 aliphatic rings. The second-order valence-electron chi connectivity index (χ2n) is 3.34. The molecule has 2 aromatic rings. The topological polar surface area (TPSA) is 37.9 Å². The second kappa shape index (κ2) is 6.09. The number of aromatic amines is 1. The van der Waals surface area contributed by atoms with Crippen molar-refractivity contribution in [1.29, 1.82) is 0 Å². The molecule has 0 bridgehead atoms. The van der Waals surface area contributed by atoms with Crippen LogP contribution in [0.2, 0.25) is 5.02 Å². The van der Waals surface area contributed by atoms with Crippen molar-refractivity contribution in [1.82, 2.24) is 9.97 Å². The molecule has 0 fully saturated rings. The number of imidazole rings is 1. The first-order valence-corrected chi connectivity index (χ1v) is 5.53. The lowest BCUT2D eigenvalue weighted by atomic mass is 10.2. The molecule has 0 saturated carbocycles. The number of nitrogens with zero attached hydrogens (tertiary/aromatic N) is 1. The summed E-state index contributed by atoms with van der Waals surface area (Å²) in [7, 11) is 0. The van der Waals surface area contributed by atoms with E-state index in [0.717, 1.165) is 11.4 Å². The summed E-state index contributed by atoms with van der Waals surface area (Å²) in [5.74, 6) is 6.72. The Hall–Kier alpha value is -1.76. The van der Waals surface area contributed by atoms with Gasteiger partial charge in [-0.05, 0) is 24.3 Å². The number of rotatable bonds is 3. The van der Waals surface area contributed by atoms with E-state index in [9.17, 15) is 0 Å². The van der Waals surface area contributed by atoms with Gasteiger partial charge in [-0.1, -0.05) is 23.4 Å². The fraction of sp³-hybridized carbons (Fsp3) is 0.154. The van der Waals surface area contributed by atoms with Gasteiger partial charge in [-0.15, -0.1) is 0 Å². The summed E-state index contributed by atoms with van der Waals surface area (Å²) < 4.78 is 5.33. The zero-order valence-corrected chi connectivity index (χ0v) is 9.87. The molecule has 3 nitrogen and oxygen atoms in total. The van der Waals surface area contributed by atoms with Gasteiger partial charge in [-0.25, -0.2) is 4.98 Å². The fourth-order valence-electron chi connectivity index (χ4n) is 1.25. The monoisotopic (exact) mass is 246 g/mol. The molecule has 86 valence electrons. The highest BCUT2D eigenvalue weighted by molar-refractivity contribution is 6.30. The Labute approximate surface area is 105 Å². The first-order valence-electron chi connectivity index (χ1n) is 5.15. The van der Waals surface area contributed by atoms with Crippen LogP contribution < -0.4 is 0 Å². The Morgan fingerprint density at radius 2 is 2.12 bits per heavy atom. The number of H-pyrrole nitrogens is 1. The maximum Gasteiger partial charge on any atom is 0.132 e. The Balaban J connectivity index is 1.77. The van der Waals surface area contributed by atoms with Crippen molar-refractivity contribution >= 4 is 11.6 Å². The van der Waals surface area contributed by atoms with Crippen LogP contribution in [0.5, 0.6) is 0 Å². The van der Waals surface area contributed by atoms with Crippen molar-refractivity contribution in [3.63, 3.8) is 0 Å². The van der Waals surface area contributed by atoms with Crippen LogP contribution in [0.15, 0.2) is 36.7 Å². The van der Waals surface area contributed by atoms with Gasteiger partial charge in [-0.2, -0.15) is 0 Å². The van der Waals surface area contributed by atoms with Crippen LogP contribution >= 0.6 is 11.6 Å². The molecule has 0 spiro atoms. The minimum Gasteiger partial charge on any atom is -0.361 e. The number of halogens is 1. The van der Waals surface area contributed by atoms with Gasteiger partial charge in [0, 0.05) is 23.0 Å². The standard InChI is InChI=1S/C13H11ClN2O/c14-12-5-3-11(4-6-12)2-1-9-17-10-13-15-7-8-16-13/h3-8H,9-10H2,(H,15,16). The Kier molecular flexibility index (Phi) is 4.20. The molecule has 0 saturated heterocycles. The average Bonchev–Trinajstić information content (AvgIpc) is 2.84. The van der Waals surface area contributed by atoms with Crippen LogP contribution in [0.4, 0.5) is 0 Å². The molecule has 0 unspecified atom stereocenters. The van der Waals surface area contributed by atoms with Gasteiger partial charge in [0.15, 0.2) is 0 Å². The molecule has 0 aliphatic heterocycles. The van der Waals surface area contributed by atoms with Crippen LogP contribution in [0, 0.1) is 11.8 Å². The molecular weight excluding hydrogens is 236 g/mol. The molecule has 0 radical (unpaired) electrons. The zero-order valence-electron chi connectivity index (χ0n) is 9.11. The van der Waals surface area contributed by atoms with Crippen molar-refractivity contribution < 1.29 is 4.74 Å². The van der Waals surface area contributed by atoms with Crippen molar-refractivity contribution in [2.45, 2.75) is 6.61 Å². The lowest BCUT2D eigenvalue weighted by Gasteiger charge is -1.95. The van der Waals surface area contributed by atoms with E-state index >= 15 is 0 Å². The van der Waals surface area contributed by atoms with E-state index in [-0.39, 0.29) is 0 Å². The molecule has 17 heavy (non-hydrogen) atoms. The highest BCUT2D eigenvalue weighted by Crippen LogP contribution is 2.08. The molecule has 1 aromatic carbocycles. The molecule has 2 rings (SSSR count). The number of ether oxygens (including phenoxy) is 1. The van der Waals surface area contributed by atoms with E-state index in [4.69, 9.17) is 16.3 Å². The van der Waals surface area contributed by atoms with Crippen molar-refractivity contribution in [3.8, 4) is 11.8 Å². The fourth-order valence-corrected chi connectivity index (χ4v) is 1.37. The lowest BCUT2D eigenvalue weighted by Crippen LogP contribution is -1.94. The average molecular weight is 247 g/mol. The smallest absolute Gasteiger partial charge is 0.132 e. The van der Waals surface area contributed by atoms with Crippen LogP contribution in [0.25, 0.3) is 0 Å². The molecule has 1 heterocycles. The molecule has 4 heteroatoms. The molecular formula is C13H11ClN2O. The predicted octanol–water partition coefficient (Wildman–Crippen LogP) is 2.63. The van der Waals surface area contributed by atoms with Gasteiger partial charge >= 0.3 is 0 Å². The zero-order chi connectivity index (χ0) is 11.9. The van der Waals surface area contributed by atoms with E-state index in [1.165, 1.54) is 0 Å². The third-order valence-electron chi connectivity index (χ3n) is 2.04. The lowest BCUT2D eigenvalue weighted by molar-refractivity contribution is 0.148. The van der Waals surface area contributed by atoms with Crippen molar-refractivity contribution in [2.24, 2.45) is 0 Å². The number of hydrogen-bond acceptors (Lipinski definition) is 2. The summed E-state index contributed by atoms with van der Waals surface area (Å²) >= 11 is 5.77. The van der Waals surface area contributed by atoms with Gasteiger partial charge in [0.2, 0.25) is 0 Å². The number of aromatic nitrogens is 2. The summed E-state index contributed by atoms with van der Waals surface area (Å²) in [6.45, 7) is 0.825. The van der Waals surface area contributed by atoms with E-state index < -0.39 is 0 Å². The number of benzene rings is 1. The van der Waals surface area contributed by atoms with Crippen molar-refractivity contribution in [3.05, 3.63) is 53.1 Å². The van der Waals surface area contributed by atoms with Gasteiger partial charge in [0.25, 0.3) is 0 Å². The van der Waals surface area contributed by atoms with E-state index in [0.29, 0.717) is 18.2 Å². The largest absolute Gasteiger partial charge is 0.361 e. The quantitative estimate of drug-likeness (QED) is 0.668. The van der Waals surface area contributed by atoms with Crippen LogP contribution in [-0.2, 0) is 11.3 Å². The first kappa shape index (κ1) is 11.7. The van der Waals surface area contributed by atoms with Crippen LogP contribution in [0.1, 0.15) is 11.4 Å². The summed E-state index contributed by atoms with van der Waals surface area (Å²) in [6.07, 6.45) is 3.45. The van der Waals surface area contributed by atoms with Crippen molar-refractivity contribution in [2.75, 3.05) is 6.61 Å². The molecule has 0 amide bonds. The summed E-state index contributed by atoms with van der Waals surface area (Å²) in [5.41, 5.74) is 0.927. The summed E-state index contributed by atoms with van der Waals surface area (Å²) in [5, 5.41) is 0.713. The highest BCUT2D eigenvalue weighted by atomic mass is 35.5. The summed E-state index contributed by atoms with van der Waals surface area (Å²) in [6, 6.07) is 7.38. The molecule has 1 aromatic heterocycles. The van der Waals surface area contributed by atoms with E-state index in [2.05, 4.69) is 21.8 Å². The Morgan fingerprint density at radius 1 is 1.29 bits per heavy atom. The van der Waals surface area contributed by atoms with Crippen LogP contribution in [0.3, 0.4) is 0 Å². The number of hydrogen-bond donors (Lipinski definition) is 1. The molecule has 1 N–H and O–H groups in total. The third kappa shape index (κ3) is 3.95. The maximum absolute atomic E-state index is 5.77. The van der Waals surface area contributed by atoms with Gasteiger partial charge in [0.05, 0.1) is 0 Å². The second-order valence-corrected chi connectivity index (χ2v) is 3.77. The normalized spacial score (nSPS) is 9.71. The van der Waals surface area contributed by atoms with Gasteiger partial charge < -0.3 is 9.72 Å². The molecule has 0 atom stereocenters. The van der Waals surface area contributed by atoms with Crippen LogP contribution in [-0.4, -0.2) is 16.6 Å². The highest BCUT2D eigenvalue weighted by Gasteiger charge is 1.92. The predicted molar refractivity (Wildman–Crippen MR) is 66.6 cm³/mol. The molecule has 0 aliphatic carbocycles. The SMILES string of the molecule is Clc1ccc(C#CCOCc2ncc[nH]2)cc1. The first-order chi connectivity index (χ1) is 8.34. The summed E-state index contributed by atoms with van der Waals surface area (Å²) in [4.78, 5) is 6.99. The minimum absolute atomic E-state index is 0.378. The van der Waals surface area contributed by atoms with E-state index in [1.807, 2.05) is 24.3 Å². The minimum atomic E-state index is 0.378.